The minimum absolute atomic E-state index is 0.0155. The minimum Gasteiger partial charge on any atom is -0.373 e. The van der Waals surface area contributed by atoms with Crippen LogP contribution in [0.25, 0.3) is 0 Å². The van der Waals surface area contributed by atoms with Gasteiger partial charge in [-0.15, -0.1) is 0 Å². The number of ether oxygens (including phenoxy) is 1. The predicted molar refractivity (Wildman–Crippen MR) is 79.4 cm³/mol. The third-order valence-electron chi connectivity index (χ3n) is 3.57. The van der Waals surface area contributed by atoms with E-state index in [0.717, 1.165) is 18.7 Å². The van der Waals surface area contributed by atoms with Gasteiger partial charge in [0, 0.05) is 19.6 Å². The highest BCUT2D eigenvalue weighted by molar-refractivity contribution is 5.78. The summed E-state index contributed by atoms with van der Waals surface area (Å²) in [6, 6.07) is 4.89. The van der Waals surface area contributed by atoms with Crippen molar-refractivity contribution < 1.29 is 13.9 Å². The van der Waals surface area contributed by atoms with Crippen LogP contribution < -0.4 is 5.32 Å². The summed E-state index contributed by atoms with van der Waals surface area (Å²) in [5.41, 5.74) is 1.50. The fourth-order valence-electron chi connectivity index (χ4n) is 2.69. The summed E-state index contributed by atoms with van der Waals surface area (Å²) in [6.45, 7) is 8.09. The molecule has 1 aromatic carbocycles. The van der Waals surface area contributed by atoms with E-state index >= 15 is 0 Å². The lowest BCUT2D eigenvalue weighted by atomic mass is 10.1. The van der Waals surface area contributed by atoms with Gasteiger partial charge in [0.2, 0.25) is 5.91 Å². The standard InChI is InChI=1S/C16H23FN2O2/c1-11-6-14(4-5-15(11)17)7-18-16(20)10-19-8-12(2)21-13(3)9-19/h4-6,12-13H,7-10H2,1-3H3,(H,18,20). The van der Waals surface area contributed by atoms with E-state index in [9.17, 15) is 9.18 Å². The Morgan fingerprint density at radius 2 is 2.05 bits per heavy atom. The van der Waals surface area contributed by atoms with Crippen LogP contribution >= 0.6 is 0 Å². The zero-order chi connectivity index (χ0) is 15.4. The number of rotatable bonds is 4. The van der Waals surface area contributed by atoms with Crippen LogP contribution in [-0.4, -0.2) is 42.6 Å². The first-order valence-corrected chi connectivity index (χ1v) is 7.33. The number of nitrogens with zero attached hydrogens (tertiary/aromatic N) is 1. The number of amides is 1. The Bertz CT molecular complexity index is 497. The number of hydrogen-bond acceptors (Lipinski definition) is 3. The van der Waals surface area contributed by atoms with Gasteiger partial charge in [-0.2, -0.15) is 0 Å². The normalized spacial score (nSPS) is 23.0. The van der Waals surface area contributed by atoms with E-state index in [1.807, 2.05) is 13.8 Å². The molecule has 116 valence electrons. The van der Waals surface area contributed by atoms with Gasteiger partial charge in [-0.3, -0.25) is 9.69 Å². The van der Waals surface area contributed by atoms with Crippen molar-refractivity contribution in [3.63, 3.8) is 0 Å². The van der Waals surface area contributed by atoms with Crippen molar-refractivity contribution in [2.75, 3.05) is 19.6 Å². The zero-order valence-corrected chi connectivity index (χ0v) is 12.9. The average Bonchev–Trinajstić information content (AvgIpc) is 2.39. The Hall–Kier alpha value is -1.46. The first-order valence-electron chi connectivity index (χ1n) is 7.33. The molecule has 0 aliphatic carbocycles. The molecule has 1 aliphatic rings. The fourth-order valence-corrected chi connectivity index (χ4v) is 2.69. The van der Waals surface area contributed by atoms with Crippen molar-refractivity contribution in [2.45, 2.75) is 39.5 Å². The molecular formula is C16H23FN2O2. The summed E-state index contributed by atoms with van der Waals surface area (Å²) in [5, 5.41) is 2.88. The first-order chi connectivity index (χ1) is 9.94. The molecule has 0 aromatic heterocycles. The molecule has 0 bridgehead atoms. The number of benzene rings is 1. The lowest BCUT2D eigenvalue weighted by Gasteiger charge is -2.34. The van der Waals surface area contributed by atoms with Gasteiger partial charge < -0.3 is 10.1 Å². The van der Waals surface area contributed by atoms with Crippen molar-refractivity contribution in [3.05, 3.63) is 35.1 Å². The monoisotopic (exact) mass is 294 g/mol. The molecule has 1 saturated heterocycles. The molecule has 2 rings (SSSR count). The lowest BCUT2D eigenvalue weighted by Crippen LogP contribution is -2.49. The molecule has 0 saturated carbocycles. The largest absolute Gasteiger partial charge is 0.373 e. The van der Waals surface area contributed by atoms with Crippen molar-refractivity contribution in [2.24, 2.45) is 0 Å². The number of morpholine rings is 1. The van der Waals surface area contributed by atoms with E-state index < -0.39 is 0 Å². The van der Waals surface area contributed by atoms with Gasteiger partial charge in [0.1, 0.15) is 5.82 Å². The van der Waals surface area contributed by atoms with Gasteiger partial charge in [-0.05, 0) is 38.0 Å². The fraction of sp³-hybridized carbons (Fsp3) is 0.562. The average molecular weight is 294 g/mol. The highest BCUT2D eigenvalue weighted by Gasteiger charge is 2.23. The molecule has 0 radical (unpaired) electrons. The quantitative estimate of drug-likeness (QED) is 0.921. The summed E-state index contributed by atoms with van der Waals surface area (Å²) in [7, 11) is 0. The van der Waals surface area contributed by atoms with E-state index in [4.69, 9.17) is 4.74 Å². The van der Waals surface area contributed by atoms with Gasteiger partial charge in [0.15, 0.2) is 0 Å². The van der Waals surface area contributed by atoms with Gasteiger partial charge in [-0.1, -0.05) is 12.1 Å². The summed E-state index contributed by atoms with van der Waals surface area (Å²) >= 11 is 0. The Kier molecular flexibility index (Phi) is 5.31. The lowest BCUT2D eigenvalue weighted by molar-refractivity contribution is -0.126. The van der Waals surface area contributed by atoms with Crippen LogP contribution in [0.4, 0.5) is 4.39 Å². The smallest absolute Gasteiger partial charge is 0.234 e. The molecular weight excluding hydrogens is 271 g/mol. The second-order valence-electron chi connectivity index (χ2n) is 5.81. The minimum atomic E-state index is -0.221. The van der Waals surface area contributed by atoms with E-state index in [2.05, 4.69) is 10.2 Å². The van der Waals surface area contributed by atoms with E-state index in [0.29, 0.717) is 18.7 Å². The number of nitrogens with one attached hydrogen (secondary N) is 1. The maximum atomic E-state index is 13.2. The highest BCUT2D eigenvalue weighted by Crippen LogP contribution is 2.11. The highest BCUT2D eigenvalue weighted by atomic mass is 19.1. The summed E-state index contributed by atoms with van der Waals surface area (Å²) in [6.07, 6.45) is 0.308. The molecule has 1 aliphatic heterocycles. The first kappa shape index (κ1) is 15.9. The Balaban J connectivity index is 1.80. The van der Waals surface area contributed by atoms with Crippen molar-refractivity contribution in [1.29, 1.82) is 0 Å². The molecule has 21 heavy (non-hydrogen) atoms. The summed E-state index contributed by atoms with van der Waals surface area (Å²) < 4.78 is 18.8. The Labute approximate surface area is 125 Å². The number of hydrogen-bond donors (Lipinski definition) is 1. The molecule has 1 aromatic rings. The summed E-state index contributed by atoms with van der Waals surface area (Å²) in [5.74, 6) is -0.236. The third kappa shape index (κ3) is 4.79. The van der Waals surface area contributed by atoms with E-state index in [1.54, 1.807) is 19.1 Å². The van der Waals surface area contributed by atoms with Crippen molar-refractivity contribution >= 4 is 5.91 Å². The molecule has 2 unspecified atom stereocenters. The molecule has 2 atom stereocenters. The van der Waals surface area contributed by atoms with Gasteiger partial charge in [-0.25, -0.2) is 4.39 Å². The molecule has 1 amide bonds. The maximum absolute atomic E-state index is 13.2. The van der Waals surface area contributed by atoms with Crippen LogP contribution in [0.3, 0.4) is 0 Å². The molecule has 4 nitrogen and oxygen atoms in total. The van der Waals surface area contributed by atoms with E-state index in [1.165, 1.54) is 6.07 Å². The Morgan fingerprint density at radius 3 is 2.67 bits per heavy atom. The predicted octanol–water partition coefficient (Wildman–Crippen LogP) is 1.86. The Morgan fingerprint density at radius 1 is 1.38 bits per heavy atom. The number of halogens is 1. The van der Waals surface area contributed by atoms with Gasteiger partial charge in [0.05, 0.1) is 18.8 Å². The maximum Gasteiger partial charge on any atom is 0.234 e. The third-order valence-corrected chi connectivity index (χ3v) is 3.57. The molecule has 1 heterocycles. The number of aryl methyl sites for hydroxylation is 1. The molecule has 1 fully saturated rings. The summed E-state index contributed by atoms with van der Waals surface area (Å²) in [4.78, 5) is 14.1. The van der Waals surface area contributed by atoms with Crippen LogP contribution in [0.1, 0.15) is 25.0 Å². The number of carbonyl (C=O) groups is 1. The van der Waals surface area contributed by atoms with Crippen LogP contribution in [0.5, 0.6) is 0 Å². The van der Waals surface area contributed by atoms with Crippen molar-refractivity contribution in [1.82, 2.24) is 10.2 Å². The molecule has 1 N–H and O–H groups in total. The van der Waals surface area contributed by atoms with Crippen LogP contribution in [0, 0.1) is 12.7 Å². The SMILES string of the molecule is Cc1cc(CNC(=O)CN2CC(C)OC(C)C2)ccc1F. The second-order valence-corrected chi connectivity index (χ2v) is 5.81. The zero-order valence-electron chi connectivity index (χ0n) is 12.9. The van der Waals surface area contributed by atoms with Crippen LogP contribution in [0.15, 0.2) is 18.2 Å². The van der Waals surface area contributed by atoms with E-state index in [-0.39, 0.29) is 23.9 Å². The van der Waals surface area contributed by atoms with Crippen molar-refractivity contribution in [3.8, 4) is 0 Å². The molecule has 5 heteroatoms. The van der Waals surface area contributed by atoms with Gasteiger partial charge >= 0.3 is 0 Å². The number of carbonyl (C=O) groups excluding carboxylic acids is 1. The molecule has 0 spiro atoms. The topological polar surface area (TPSA) is 41.6 Å². The van der Waals surface area contributed by atoms with Crippen LogP contribution in [-0.2, 0) is 16.1 Å². The second kappa shape index (κ2) is 7.00. The van der Waals surface area contributed by atoms with Gasteiger partial charge in [0.25, 0.3) is 0 Å². The van der Waals surface area contributed by atoms with Crippen LogP contribution in [0.2, 0.25) is 0 Å².